The minimum atomic E-state index is -4.48. The molecule has 3 aliphatic heterocycles. The molecule has 0 amide bonds. The fourth-order valence-corrected chi connectivity index (χ4v) is 4.02. The molecule has 27 heavy (non-hydrogen) atoms. The Morgan fingerprint density at radius 2 is 1.70 bits per heavy atom. The Morgan fingerprint density at radius 3 is 2.19 bits per heavy atom. The Hall–Kier alpha value is -1.33. The molecule has 3 fully saturated rings. The molecule has 1 atom stereocenters. The highest BCUT2D eigenvalue weighted by molar-refractivity contribution is 6.83. The number of halogens is 3. The average Bonchev–Trinajstić information content (AvgIpc) is 2.60. The molecule has 4 rings (SSSR count). The lowest BCUT2D eigenvalue weighted by Crippen LogP contribution is -2.66. The van der Waals surface area contributed by atoms with Crippen LogP contribution in [0.15, 0.2) is 24.3 Å². The molecule has 7 heteroatoms. The summed E-state index contributed by atoms with van der Waals surface area (Å²) in [6.45, 7) is 8.20. The maximum Gasteiger partial charge on any atom is 0.415 e. The molecule has 0 saturated carbocycles. The average molecular weight is 398 g/mol. The molecule has 3 aliphatic rings. The van der Waals surface area contributed by atoms with Gasteiger partial charge in [-0.2, -0.15) is 13.2 Å². The van der Waals surface area contributed by atoms with Crippen molar-refractivity contribution in [1.82, 2.24) is 0 Å². The molecule has 3 nitrogen and oxygen atoms in total. The van der Waals surface area contributed by atoms with Gasteiger partial charge in [0.15, 0.2) is 6.10 Å². The van der Waals surface area contributed by atoms with Gasteiger partial charge in [-0.05, 0) is 30.7 Å². The topological polar surface area (TPSA) is 27.7 Å². The van der Waals surface area contributed by atoms with E-state index in [0.717, 1.165) is 5.56 Å². The van der Waals surface area contributed by atoms with Crippen LogP contribution in [0, 0.1) is 16.9 Å². The lowest BCUT2D eigenvalue weighted by Gasteiger charge is -2.56. The van der Waals surface area contributed by atoms with Crippen molar-refractivity contribution >= 4 is 8.07 Å². The summed E-state index contributed by atoms with van der Waals surface area (Å²) in [5.41, 5.74) is 3.30. The molecular formula is C20H25F3O3Si. The van der Waals surface area contributed by atoms with Gasteiger partial charge >= 0.3 is 12.1 Å². The van der Waals surface area contributed by atoms with Crippen molar-refractivity contribution < 1.29 is 27.4 Å². The summed E-state index contributed by atoms with van der Waals surface area (Å²) in [6, 6.07) is 6.86. The van der Waals surface area contributed by atoms with E-state index >= 15 is 0 Å². The minimum absolute atomic E-state index is 0.0395. The maximum atomic E-state index is 13.7. The molecule has 3 saturated heterocycles. The van der Waals surface area contributed by atoms with Crippen molar-refractivity contribution in [1.29, 1.82) is 0 Å². The Kier molecular flexibility index (Phi) is 5.23. The van der Waals surface area contributed by atoms with E-state index in [-0.39, 0.29) is 13.2 Å². The van der Waals surface area contributed by atoms with E-state index in [1.165, 1.54) is 0 Å². The fourth-order valence-electron chi connectivity index (χ4n) is 3.50. The van der Waals surface area contributed by atoms with E-state index in [9.17, 15) is 13.2 Å². The third-order valence-electron chi connectivity index (χ3n) is 4.79. The normalized spacial score (nSPS) is 30.7. The van der Waals surface area contributed by atoms with Crippen LogP contribution >= 0.6 is 0 Å². The van der Waals surface area contributed by atoms with Crippen molar-refractivity contribution in [3.8, 4) is 11.5 Å². The van der Waals surface area contributed by atoms with Crippen LogP contribution in [0.25, 0.3) is 0 Å². The maximum absolute atomic E-state index is 13.7. The molecule has 0 spiro atoms. The second kappa shape index (κ2) is 6.93. The second-order valence-electron chi connectivity index (χ2n) is 8.36. The summed E-state index contributed by atoms with van der Waals surface area (Å²) < 4.78 is 57.9. The molecule has 0 aliphatic carbocycles. The molecule has 0 aromatic heterocycles. The van der Waals surface area contributed by atoms with Gasteiger partial charge in [-0.1, -0.05) is 38.9 Å². The summed E-state index contributed by atoms with van der Waals surface area (Å²) in [6.07, 6.45) is -5.45. The van der Waals surface area contributed by atoms with Crippen molar-refractivity contribution in [2.45, 2.75) is 57.7 Å². The number of hydrogen-bond acceptors (Lipinski definition) is 3. The first kappa shape index (κ1) is 20.4. The smallest absolute Gasteiger partial charge is 0.323 e. The van der Waals surface area contributed by atoms with E-state index in [1.807, 2.05) is 6.92 Å². The summed E-state index contributed by atoms with van der Waals surface area (Å²) >= 11 is 0. The number of benzene rings is 1. The van der Waals surface area contributed by atoms with Crippen LogP contribution in [0.4, 0.5) is 13.2 Å². The van der Waals surface area contributed by atoms with Crippen molar-refractivity contribution in [3.05, 3.63) is 35.4 Å². The first-order valence-corrected chi connectivity index (χ1v) is 12.7. The Morgan fingerprint density at radius 1 is 1.11 bits per heavy atom. The zero-order valence-corrected chi connectivity index (χ0v) is 17.1. The number of rotatable bonds is 3. The number of fused-ring (bicyclic) bond motifs is 3. The fraction of sp³-hybridized carbons (Fsp3) is 0.600. The van der Waals surface area contributed by atoms with Crippen LogP contribution < -0.4 is 0 Å². The van der Waals surface area contributed by atoms with Gasteiger partial charge in [0.1, 0.15) is 8.07 Å². The van der Waals surface area contributed by atoms with Gasteiger partial charge in [-0.3, -0.25) is 0 Å². The quantitative estimate of drug-likeness (QED) is 0.540. The van der Waals surface area contributed by atoms with Crippen molar-refractivity contribution in [2.75, 3.05) is 13.2 Å². The number of hydrogen-bond donors (Lipinski definition) is 0. The first-order valence-electron chi connectivity index (χ1n) is 9.16. The number of alkyl halides is 3. The van der Waals surface area contributed by atoms with Crippen LogP contribution in [0.5, 0.6) is 0 Å². The molecule has 0 radical (unpaired) electrons. The molecule has 1 aromatic carbocycles. The predicted octanol–water partition coefficient (Wildman–Crippen LogP) is 4.82. The summed E-state index contributed by atoms with van der Waals surface area (Å²) in [5, 5.41) is 0. The Bertz CT molecular complexity index is 733. The third kappa shape index (κ3) is 4.09. The van der Waals surface area contributed by atoms with Gasteiger partial charge in [-0.15, -0.1) is 5.54 Å². The molecule has 1 aromatic rings. The molecule has 1 unspecified atom stereocenters. The van der Waals surface area contributed by atoms with Gasteiger partial charge in [0, 0.05) is 11.1 Å². The first-order chi connectivity index (χ1) is 12.5. The molecule has 3 heterocycles. The van der Waals surface area contributed by atoms with E-state index in [2.05, 4.69) is 31.1 Å². The SMILES string of the molecule is CCCC12COC(c3ccc(C#C[Si](C)(C)C)cc3)(OC1)OC2C(F)(F)F. The predicted molar refractivity (Wildman–Crippen MR) is 98.5 cm³/mol. The van der Waals surface area contributed by atoms with E-state index in [0.29, 0.717) is 18.4 Å². The molecule has 2 bridgehead atoms. The van der Waals surface area contributed by atoms with Crippen LogP contribution in [0.1, 0.15) is 30.9 Å². The van der Waals surface area contributed by atoms with Gasteiger partial charge < -0.3 is 14.2 Å². The highest BCUT2D eigenvalue weighted by Gasteiger charge is 2.66. The monoisotopic (exact) mass is 398 g/mol. The van der Waals surface area contributed by atoms with Crippen molar-refractivity contribution in [2.24, 2.45) is 5.41 Å². The molecular weight excluding hydrogens is 373 g/mol. The van der Waals surface area contributed by atoms with Crippen LogP contribution in [-0.2, 0) is 20.2 Å². The third-order valence-corrected chi connectivity index (χ3v) is 5.67. The lowest BCUT2D eigenvalue weighted by atomic mass is 9.76. The van der Waals surface area contributed by atoms with Crippen molar-refractivity contribution in [3.63, 3.8) is 0 Å². The van der Waals surface area contributed by atoms with Gasteiger partial charge in [0.25, 0.3) is 0 Å². The van der Waals surface area contributed by atoms with Gasteiger partial charge in [0.05, 0.1) is 18.6 Å². The molecule has 148 valence electrons. The number of ether oxygens (including phenoxy) is 3. The van der Waals surface area contributed by atoms with Crippen LogP contribution in [-0.4, -0.2) is 33.6 Å². The van der Waals surface area contributed by atoms with E-state index in [1.54, 1.807) is 24.3 Å². The van der Waals surface area contributed by atoms with Gasteiger partial charge in [-0.25, -0.2) is 0 Å². The van der Waals surface area contributed by atoms with Crippen LogP contribution in [0.2, 0.25) is 19.6 Å². The summed E-state index contributed by atoms with van der Waals surface area (Å²) in [4.78, 5) is 0. The van der Waals surface area contributed by atoms with Gasteiger partial charge in [0.2, 0.25) is 0 Å². The Balaban J connectivity index is 1.88. The van der Waals surface area contributed by atoms with E-state index in [4.69, 9.17) is 14.2 Å². The van der Waals surface area contributed by atoms with E-state index < -0.39 is 31.7 Å². The largest absolute Gasteiger partial charge is 0.415 e. The zero-order valence-electron chi connectivity index (χ0n) is 16.1. The zero-order chi connectivity index (χ0) is 19.9. The summed E-state index contributed by atoms with van der Waals surface area (Å²) in [7, 11) is -1.51. The standard InChI is InChI=1S/C20H25F3O3Si/c1-5-11-18-13-24-20(25-14-18,26-17(18)19(21,22)23)16-8-6-15(7-9-16)10-12-27(2,3)4/h6-9,17H,5,11,13-14H2,1-4H3. The highest BCUT2D eigenvalue weighted by atomic mass is 28.3. The lowest BCUT2D eigenvalue weighted by molar-refractivity contribution is -0.524. The second-order valence-corrected chi connectivity index (χ2v) is 13.1. The highest BCUT2D eigenvalue weighted by Crippen LogP contribution is 2.54. The molecule has 0 N–H and O–H groups in total. The summed E-state index contributed by atoms with van der Waals surface area (Å²) in [5.74, 6) is 1.32. The van der Waals surface area contributed by atoms with Crippen LogP contribution in [0.3, 0.4) is 0 Å². The Labute approximate surface area is 159 Å². The minimum Gasteiger partial charge on any atom is -0.323 e.